The minimum Gasteiger partial charge on any atom is -0.468 e. The van der Waals surface area contributed by atoms with Crippen molar-refractivity contribution in [1.29, 1.82) is 0 Å². The van der Waals surface area contributed by atoms with E-state index in [9.17, 15) is 14.7 Å². The van der Waals surface area contributed by atoms with E-state index in [1.54, 1.807) is 0 Å². The third kappa shape index (κ3) is 4.61. The van der Waals surface area contributed by atoms with Gasteiger partial charge in [0.2, 0.25) is 0 Å². The number of methoxy groups -OCH3 is 1. The highest BCUT2D eigenvalue weighted by Crippen LogP contribution is 2.16. The van der Waals surface area contributed by atoms with Crippen LogP contribution in [0.15, 0.2) is 15.5 Å². The first-order valence-corrected chi connectivity index (χ1v) is 7.03. The minimum atomic E-state index is -0.543. The first kappa shape index (κ1) is 16.6. The van der Waals surface area contributed by atoms with Crippen LogP contribution < -0.4 is 10.9 Å². The number of aromatic nitrogens is 2. The second-order valence-corrected chi connectivity index (χ2v) is 4.98. The third-order valence-corrected chi connectivity index (χ3v) is 3.52. The van der Waals surface area contributed by atoms with E-state index >= 15 is 0 Å². The SMILES string of the molecule is CCC(O)CCNc1cnn(CC(=O)OC)c(=O)c1Br. The zero-order chi connectivity index (χ0) is 15.1. The molecule has 0 spiro atoms. The smallest absolute Gasteiger partial charge is 0.327 e. The van der Waals surface area contributed by atoms with E-state index in [0.717, 1.165) is 4.68 Å². The lowest BCUT2D eigenvalue weighted by atomic mass is 10.2. The van der Waals surface area contributed by atoms with Crippen molar-refractivity contribution in [3.05, 3.63) is 21.0 Å². The van der Waals surface area contributed by atoms with Crippen molar-refractivity contribution in [2.75, 3.05) is 19.0 Å². The summed E-state index contributed by atoms with van der Waals surface area (Å²) in [4.78, 5) is 23.1. The fraction of sp³-hybridized carbons (Fsp3) is 0.583. The number of hydrogen-bond donors (Lipinski definition) is 2. The Kier molecular flexibility index (Phi) is 6.66. The van der Waals surface area contributed by atoms with Crippen LogP contribution in [-0.2, 0) is 16.1 Å². The number of nitrogens with one attached hydrogen (secondary N) is 1. The van der Waals surface area contributed by atoms with Crippen LogP contribution in [0.2, 0.25) is 0 Å². The van der Waals surface area contributed by atoms with E-state index in [-0.39, 0.29) is 12.6 Å². The summed E-state index contributed by atoms with van der Waals surface area (Å²) < 4.78 is 5.80. The summed E-state index contributed by atoms with van der Waals surface area (Å²) in [5, 5.41) is 16.4. The molecule has 8 heteroatoms. The predicted octanol–water partition coefficient (Wildman–Crippen LogP) is 0.752. The highest BCUT2D eigenvalue weighted by molar-refractivity contribution is 9.10. The van der Waals surface area contributed by atoms with Gasteiger partial charge in [-0.05, 0) is 28.8 Å². The molecule has 1 unspecified atom stereocenters. The van der Waals surface area contributed by atoms with Crippen LogP contribution in [0.4, 0.5) is 5.69 Å². The Bertz CT molecular complexity index is 518. The van der Waals surface area contributed by atoms with Gasteiger partial charge in [0.05, 0.1) is 25.1 Å². The number of aliphatic hydroxyl groups is 1. The van der Waals surface area contributed by atoms with Gasteiger partial charge in [-0.25, -0.2) is 4.68 Å². The van der Waals surface area contributed by atoms with Crippen LogP contribution in [0, 0.1) is 0 Å². The summed E-state index contributed by atoms with van der Waals surface area (Å²) in [6.45, 7) is 2.19. The van der Waals surface area contributed by atoms with Crippen molar-refractivity contribution >= 4 is 27.6 Å². The van der Waals surface area contributed by atoms with Gasteiger partial charge < -0.3 is 15.2 Å². The van der Waals surface area contributed by atoms with Gasteiger partial charge in [0.15, 0.2) is 0 Å². The molecule has 0 bridgehead atoms. The Morgan fingerprint density at radius 3 is 2.95 bits per heavy atom. The van der Waals surface area contributed by atoms with E-state index in [2.05, 4.69) is 31.1 Å². The second kappa shape index (κ2) is 8.01. The molecule has 1 aromatic rings. The van der Waals surface area contributed by atoms with Gasteiger partial charge in [-0.15, -0.1) is 0 Å². The lowest BCUT2D eigenvalue weighted by Gasteiger charge is -2.11. The van der Waals surface area contributed by atoms with Crippen molar-refractivity contribution in [3.8, 4) is 0 Å². The van der Waals surface area contributed by atoms with E-state index in [0.29, 0.717) is 29.5 Å². The largest absolute Gasteiger partial charge is 0.468 e. The van der Waals surface area contributed by atoms with Gasteiger partial charge in [0.25, 0.3) is 5.56 Å². The third-order valence-electron chi connectivity index (χ3n) is 2.76. The van der Waals surface area contributed by atoms with Crippen molar-refractivity contribution in [3.63, 3.8) is 0 Å². The average Bonchev–Trinajstić information content (AvgIpc) is 2.45. The second-order valence-electron chi connectivity index (χ2n) is 4.19. The Labute approximate surface area is 125 Å². The lowest BCUT2D eigenvalue weighted by Crippen LogP contribution is -2.28. The molecule has 0 aliphatic heterocycles. The normalized spacial score (nSPS) is 12.0. The molecular formula is C12H18BrN3O4. The van der Waals surface area contributed by atoms with Crippen LogP contribution >= 0.6 is 15.9 Å². The lowest BCUT2D eigenvalue weighted by molar-refractivity contribution is -0.141. The predicted molar refractivity (Wildman–Crippen MR) is 77.6 cm³/mol. The molecule has 0 saturated heterocycles. The van der Waals surface area contributed by atoms with Gasteiger partial charge in [0, 0.05) is 6.54 Å². The van der Waals surface area contributed by atoms with E-state index in [1.807, 2.05) is 6.92 Å². The fourth-order valence-corrected chi connectivity index (χ4v) is 1.91. The van der Waals surface area contributed by atoms with Crippen LogP contribution in [0.25, 0.3) is 0 Å². The van der Waals surface area contributed by atoms with E-state index in [1.165, 1.54) is 13.3 Å². The molecule has 112 valence electrons. The number of carbonyl (C=O) groups is 1. The van der Waals surface area contributed by atoms with E-state index in [4.69, 9.17) is 0 Å². The summed E-state index contributed by atoms with van der Waals surface area (Å²) >= 11 is 3.18. The van der Waals surface area contributed by atoms with Gasteiger partial charge in [0.1, 0.15) is 11.0 Å². The number of anilines is 1. The number of hydrogen-bond acceptors (Lipinski definition) is 6. The number of ether oxygens (including phenoxy) is 1. The number of carbonyl (C=O) groups excluding carboxylic acids is 1. The molecule has 7 nitrogen and oxygen atoms in total. The molecule has 0 aliphatic carbocycles. The van der Waals surface area contributed by atoms with Gasteiger partial charge in [-0.3, -0.25) is 9.59 Å². The molecule has 0 amide bonds. The van der Waals surface area contributed by atoms with Crippen molar-refractivity contribution in [2.24, 2.45) is 0 Å². The number of esters is 1. The van der Waals surface area contributed by atoms with Gasteiger partial charge in [-0.2, -0.15) is 5.10 Å². The monoisotopic (exact) mass is 347 g/mol. The molecule has 0 radical (unpaired) electrons. The Morgan fingerprint density at radius 2 is 2.35 bits per heavy atom. The Hall–Kier alpha value is -1.41. The number of rotatable bonds is 7. The molecule has 1 aromatic heterocycles. The summed E-state index contributed by atoms with van der Waals surface area (Å²) in [6.07, 6.45) is 2.34. The first-order chi connectivity index (χ1) is 9.49. The maximum absolute atomic E-state index is 12.0. The van der Waals surface area contributed by atoms with Crippen LogP contribution in [0.3, 0.4) is 0 Å². The average molecular weight is 348 g/mol. The summed E-state index contributed by atoms with van der Waals surface area (Å²) in [5.41, 5.74) is 0.107. The number of nitrogens with zero attached hydrogens (tertiary/aromatic N) is 2. The molecule has 0 aliphatic rings. The van der Waals surface area contributed by atoms with Gasteiger partial charge in [-0.1, -0.05) is 6.92 Å². The van der Waals surface area contributed by atoms with Crippen molar-refractivity contribution in [2.45, 2.75) is 32.4 Å². The molecule has 0 saturated carbocycles. The zero-order valence-electron chi connectivity index (χ0n) is 11.4. The van der Waals surface area contributed by atoms with Crippen molar-refractivity contribution in [1.82, 2.24) is 9.78 Å². The molecule has 1 atom stereocenters. The van der Waals surface area contributed by atoms with Crippen molar-refractivity contribution < 1.29 is 14.6 Å². The highest BCUT2D eigenvalue weighted by atomic mass is 79.9. The molecule has 1 rings (SSSR count). The quantitative estimate of drug-likeness (QED) is 0.707. The number of aliphatic hydroxyl groups excluding tert-OH is 1. The highest BCUT2D eigenvalue weighted by Gasteiger charge is 2.11. The zero-order valence-corrected chi connectivity index (χ0v) is 13.0. The van der Waals surface area contributed by atoms with Gasteiger partial charge >= 0.3 is 5.97 Å². The molecular weight excluding hydrogens is 330 g/mol. The maximum Gasteiger partial charge on any atom is 0.327 e. The molecule has 0 aromatic carbocycles. The fourth-order valence-electron chi connectivity index (χ4n) is 1.47. The van der Waals surface area contributed by atoms with E-state index < -0.39 is 11.5 Å². The van der Waals surface area contributed by atoms with Crippen LogP contribution in [0.1, 0.15) is 19.8 Å². The first-order valence-electron chi connectivity index (χ1n) is 6.24. The van der Waals surface area contributed by atoms with Crippen LogP contribution in [-0.4, -0.2) is 40.6 Å². The molecule has 2 N–H and O–H groups in total. The summed E-state index contributed by atoms with van der Waals surface area (Å²) in [7, 11) is 1.25. The van der Waals surface area contributed by atoms with Crippen LogP contribution in [0.5, 0.6) is 0 Å². The number of halogens is 1. The minimum absolute atomic E-state index is 0.233. The standard InChI is InChI=1S/C12H18BrN3O4/c1-3-8(17)4-5-14-9-6-15-16(7-10(18)20-2)12(19)11(9)13/h6,8,14,17H,3-5,7H2,1-2H3. The summed E-state index contributed by atoms with van der Waals surface area (Å²) in [5.74, 6) is -0.543. The molecule has 0 fully saturated rings. The Morgan fingerprint density at radius 1 is 1.65 bits per heavy atom. The summed E-state index contributed by atoms with van der Waals surface area (Å²) in [6, 6.07) is 0. The topological polar surface area (TPSA) is 93.5 Å². The maximum atomic E-state index is 12.0. The Balaban J connectivity index is 2.74. The molecule has 1 heterocycles. The molecule has 20 heavy (non-hydrogen) atoms.